The van der Waals surface area contributed by atoms with Crippen molar-refractivity contribution >= 4 is 22.6 Å². The van der Waals surface area contributed by atoms with E-state index in [4.69, 9.17) is 5.11 Å². The molecule has 2 N–H and O–H groups in total. The molecule has 4 nitrogen and oxygen atoms in total. The Morgan fingerprint density at radius 1 is 1.42 bits per heavy atom. The molecule has 19 heavy (non-hydrogen) atoms. The number of carboxylic acids is 1. The summed E-state index contributed by atoms with van der Waals surface area (Å²) in [5, 5.41) is 13.2. The fourth-order valence-corrected chi connectivity index (χ4v) is 2.11. The number of aromatic nitrogens is 1. The number of carboxylic acid groups (broad SMARTS) is 1. The molecule has 0 bridgehead atoms. The summed E-state index contributed by atoms with van der Waals surface area (Å²) in [7, 11) is 0. The molecular weight excluding hydrogens is 240 g/mol. The normalized spacial score (nSPS) is 12.3. The Morgan fingerprint density at radius 2 is 2.16 bits per heavy atom. The Labute approximate surface area is 112 Å². The molecule has 1 atom stereocenters. The summed E-state index contributed by atoms with van der Waals surface area (Å²) in [5.74, 6) is -0.671. The van der Waals surface area contributed by atoms with Gasteiger partial charge in [0.25, 0.3) is 0 Å². The van der Waals surface area contributed by atoms with E-state index in [9.17, 15) is 4.79 Å². The summed E-state index contributed by atoms with van der Waals surface area (Å²) in [4.78, 5) is 15.1. The van der Waals surface area contributed by atoms with E-state index in [2.05, 4.69) is 10.3 Å². The number of aryl methyl sites for hydroxylation is 1. The fourth-order valence-electron chi connectivity index (χ4n) is 2.11. The number of para-hydroxylation sites is 1. The third-order valence-corrected chi connectivity index (χ3v) is 3.01. The number of nitrogens with zero attached hydrogens (tertiary/aromatic N) is 1. The second-order valence-electron chi connectivity index (χ2n) is 4.91. The van der Waals surface area contributed by atoms with Crippen LogP contribution >= 0.6 is 0 Å². The van der Waals surface area contributed by atoms with E-state index in [1.807, 2.05) is 44.2 Å². The summed E-state index contributed by atoms with van der Waals surface area (Å²) in [6.45, 7) is 4.52. The largest absolute Gasteiger partial charge is 0.481 e. The smallest absolute Gasteiger partial charge is 0.303 e. The third kappa shape index (κ3) is 3.44. The van der Waals surface area contributed by atoms with E-state index in [0.29, 0.717) is 6.54 Å². The number of nitrogens with one attached hydrogen (secondary N) is 1. The van der Waals surface area contributed by atoms with Crippen molar-refractivity contribution in [2.24, 2.45) is 5.92 Å². The van der Waals surface area contributed by atoms with Crippen LogP contribution in [0.3, 0.4) is 0 Å². The minimum absolute atomic E-state index is 0.0877. The van der Waals surface area contributed by atoms with Crippen LogP contribution in [0, 0.1) is 12.8 Å². The van der Waals surface area contributed by atoms with Gasteiger partial charge in [-0.15, -0.1) is 0 Å². The predicted octanol–water partition coefficient (Wildman–Crippen LogP) is 3.07. The van der Waals surface area contributed by atoms with Crippen LogP contribution in [0.25, 0.3) is 10.9 Å². The van der Waals surface area contributed by atoms with E-state index in [1.54, 1.807) is 0 Å². The van der Waals surface area contributed by atoms with Gasteiger partial charge in [-0.25, -0.2) is 0 Å². The topological polar surface area (TPSA) is 62.2 Å². The van der Waals surface area contributed by atoms with E-state index >= 15 is 0 Å². The van der Waals surface area contributed by atoms with Gasteiger partial charge in [0.05, 0.1) is 5.52 Å². The van der Waals surface area contributed by atoms with Crippen LogP contribution in [0.15, 0.2) is 30.3 Å². The summed E-state index contributed by atoms with van der Waals surface area (Å²) in [6.07, 6.45) is 0.176. The molecule has 2 aromatic rings. The van der Waals surface area contributed by atoms with Gasteiger partial charge >= 0.3 is 5.97 Å². The lowest BCUT2D eigenvalue weighted by Crippen LogP contribution is -2.15. The van der Waals surface area contributed by atoms with Gasteiger partial charge in [0.15, 0.2) is 0 Å². The van der Waals surface area contributed by atoms with E-state index in [1.165, 1.54) is 0 Å². The number of benzene rings is 1. The van der Waals surface area contributed by atoms with Crippen molar-refractivity contribution in [3.05, 3.63) is 36.0 Å². The van der Waals surface area contributed by atoms with Crippen molar-refractivity contribution in [2.75, 3.05) is 11.9 Å². The van der Waals surface area contributed by atoms with Crippen LogP contribution in [0.4, 0.5) is 5.69 Å². The number of aliphatic carboxylic acids is 1. The quantitative estimate of drug-likeness (QED) is 0.865. The van der Waals surface area contributed by atoms with Gasteiger partial charge in [-0.05, 0) is 25.0 Å². The van der Waals surface area contributed by atoms with Crippen LogP contribution in [-0.4, -0.2) is 22.6 Å². The Bertz CT molecular complexity index is 596. The Hall–Kier alpha value is -2.10. The lowest BCUT2D eigenvalue weighted by Gasteiger charge is -2.14. The highest BCUT2D eigenvalue weighted by molar-refractivity contribution is 5.91. The van der Waals surface area contributed by atoms with E-state index in [0.717, 1.165) is 22.3 Å². The van der Waals surface area contributed by atoms with Crippen LogP contribution in [0.1, 0.15) is 19.0 Å². The molecule has 0 saturated heterocycles. The number of pyridine rings is 1. The maximum Gasteiger partial charge on any atom is 0.303 e. The van der Waals surface area contributed by atoms with Crippen LogP contribution in [-0.2, 0) is 4.79 Å². The molecule has 4 heteroatoms. The molecular formula is C15H18N2O2. The molecule has 0 radical (unpaired) electrons. The summed E-state index contributed by atoms with van der Waals surface area (Å²) >= 11 is 0. The number of rotatable bonds is 5. The monoisotopic (exact) mass is 258 g/mol. The van der Waals surface area contributed by atoms with E-state index in [-0.39, 0.29) is 12.3 Å². The Kier molecular flexibility index (Phi) is 4.00. The van der Waals surface area contributed by atoms with Crippen molar-refractivity contribution in [3.8, 4) is 0 Å². The van der Waals surface area contributed by atoms with Crippen molar-refractivity contribution in [1.29, 1.82) is 0 Å². The SMILES string of the molecule is Cc1cc(NCC(C)CC(=O)O)c2ccccc2n1. The molecule has 0 aliphatic heterocycles. The zero-order chi connectivity index (χ0) is 13.8. The number of carbonyl (C=O) groups is 1. The zero-order valence-electron chi connectivity index (χ0n) is 11.2. The number of anilines is 1. The highest BCUT2D eigenvalue weighted by Gasteiger charge is 2.09. The molecule has 1 aromatic heterocycles. The van der Waals surface area contributed by atoms with Gasteiger partial charge in [-0.2, -0.15) is 0 Å². The maximum absolute atomic E-state index is 10.6. The molecule has 0 saturated carbocycles. The molecule has 1 heterocycles. The Morgan fingerprint density at radius 3 is 2.89 bits per heavy atom. The second kappa shape index (κ2) is 5.69. The molecule has 2 rings (SSSR count). The predicted molar refractivity (Wildman–Crippen MR) is 76.4 cm³/mol. The highest BCUT2D eigenvalue weighted by Crippen LogP contribution is 2.23. The maximum atomic E-state index is 10.6. The first kappa shape index (κ1) is 13.3. The molecule has 0 aliphatic carbocycles. The molecule has 1 unspecified atom stereocenters. The molecule has 0 fully saturated rings. The molecule has 0 amide bonds. The number of hydrogen-bond acceptors (Lipinski definition) is 3. The second-order valence-corrected chi connectivity index (χ2v) is 4.91. The Balaban J connectivity index is 2.18. The average molecular weight is 258 g/mol. The van der Waals surface area contributed by atoms with Gasteiger partial charge in [0, 0.05) is 29.7 Å². The third-order valence-electron chi connectivity index (χ3n) is 3.01. The summed E-state index contributed by atoms with van der Waals surface area (Å²) in [6, 6.07) is 9.94. The first-order chi connectivity index (χ1) is 9.06. The minimum atomic E-state index is -0.759. The number of fused-ring (bicyclic) bond motifs is 1. The van der Waals surface area contributed by atoms with Crippen molar-refractivity contribution < 1.29 is 9.90 Å². The van der Waals surface area contributed by atoms with Gasteiger partial charge < -0.3 is 10.4 Å². The highest BCUT2D eigenvalue weighted by atomic mass is 16.4. The standard InChI is InChI=1S/C15H18N2O2/c1-10(7-15(18)19)9-16-14-8-11(2)17-13-6-4-3-5-12(13)14/h3-6,8,10H,7,9H2,1-2H3,(H,16,17)(H,18,19). The molecule has 0 aliphatic rings. The van der Waals surface area contributed by atoms with Crippen LogP contribution in [0.5, 0.6) is 0 Å². The number of hydrogen-bond donors (Lipinski definition) is 2. The molecule has 0 spiro atoms. The summed E-state index contributed by atoms with van der Waals surface area (Å²) < 4.78 is 0. The van der Waals surface area contributed by atoms with Gasteiger partial charge in [-0.1, -0.05) is 25.1 Å². The zero-order valence-corrected chi connectivity index (χ0v) is 11.2. The average Bonchev–Trinajstić information content (AvgIpc) is 2.35. The van der Waals surface area contributed by atoms with Crippen molar-refractivity contribution in [1.82, 2.24) is 4.98 Å². The van der Waals surface area contributed by atoms with Crippen LogP contribution in [0.2, 0.25) is 0 Å². The molecule has 100 valence electrons. The van der Waals surface area contributed by atoms with Crippen molar-refractivity contribution in [3.63, 3.8) is 0 Å². The fraction of sp³-hybridized carbons (Fsp3) is 0.333. The first-order valence-electron chi connectivity index (χ1n) is 6.38. The molecule has 1 aromatic carbocycles. The lowest BCUT2D eigenvalue weighted by atomic mass is 10.1. The van der Waals surface area contributed by atoms with Gasteiger partial charge in [0.1, 0.15) is 0 Å². The summed E-state index contributed by atoms with van der Waals surface area (Å²) in [5.41, 5.74) is 2.92. The first-order valence-corrected chi connectivity index (χ1v) is 6.38. The minimum Gasteiger partial charge on any atom is -0.481 e. The van der Waals surface area contributed by atoms with Crippen molar-refractivity contribution in [2.45, 2.75) is 20.3 Å². The van der Waals surface area contributed by atoms with E-state index < -0.39 is 5.97 Å². The van der Waals surface area contributed by atoms with Gasteiger partial charge in [0.2, 0.25) is 0 Å². The lowest BCUT2D eigenvalue weighted by molar-refractivity contribution is -0.137. The van der Waals surface area contributed by atoms with Crippen LogP contribution < -0.4 is 5.32 Å². The van der Waals surface area contributed by atoms with Gasteiger partial charge in [-0.3, -0.25) is 9.78 Å².